The maximum Gasteiger partial charge on any atom is 0.337 e. The molecule has 132 valence electrons. The van der Waals surface area contributed by atoms with E-state index in [4.69, 9.17) is 4.84 Å². The Hall–Kier alpha value is -1.90. The number of aryl methyl sites for hydroxylation is 1. The minimum absolute atomic E-state index is 0.0415. The molecular weight excluding hydrogens is 334 g/mol. The number of nitrogens with zero attached hydrogens (tertiary/aromatic N) is 1. The van der Waals surface area contributed by atoms with E-state index < -0.39 is 17.1 Å². The molecule has 1 rings (SSSR count). The highest BCUT2D eigenvalue weighted by Gasteiger charge is 2.27. The minimum atomic E-state index is -0.730. The van der Waals surface area contributed by atoms with Crippen molar-refractivity contribution in [3.8, 4) is 0 Å². The van der Waals surface area contributed by atoms with Gasteiger partial charge in [-0.2, -0.15) is 4.33 Å². The van der Waals surface area contributed by atoms with Crippen LogP contribution in [0.5, 0.6) is 0 Å². The number of amides is 2. The number of benzene rings is 1. The van der Waals surface area contributed by atoms with Crippen LogP contribution in [0.2, 0.25) is 0 Å². The second-order valence-electron chi connectivity index (χ2n) is 4.81. The van der Waals surface area contributed by atoms with Crippen LogP contribution in [0.1, 0.15) is 31.4 Å². The topological polar surface area (TPSA) is 82.1 Å². The van der Waals surface area contributed by atoms with Crippen molar-refractivity contribution in [1.29, 1.82) is 0 Å². The summed E-state index contributed by atoms with van der Waals surface area (Å²) in [7, 11) is 1.30. The van der Waals surface area contributed by atoms with Gasteiger partial charge in [0.2, 0.25) is 0 Å². The van der Waals surface area contributed by atoms with E-state index in [9.17, 15) is 14.4 Å². The Bertz CT molecular complexity index is 548. The lowest BCUT2D eigenvalue weighted by molar-refractivity contribution is -0.196. The quantitative estimate of drug-likeness (QED) is 0.291. The third kappa shape index (κ3) is 6.31. The lowest BCUT2D eigenvalue weighted by Gasteiger charge is -2.18. The smallest absolute Gasteiger partial charge is 0.330 e. The van der Waals surface area contributed by atoms with Gasteiger partial charge in [-0.1, -0.05) is 38.1 Å². The van der Waals surface area contributed by atoms with Crippen LogP contribution in [0.4, 0.5) is 0 Å². The first-order valence-corrected chi connectivity index (χ1v) is 8.29. The Balaban J connectivity index is 2.63. The maximum atomic E-state index is 12.1. The highest BCUT2D eigenvalue weighted by Crippen LogP contribution is 2.18. The van der Waals surface area contributed by atoms with Gasteiger partial charge in [-0.3, -0.25) is 9.59 Å². The van der Waals surface area contributed by atoms with E-state index in [1.807, 2.05) is 31.2 Å². The fourth-order valence-electron chi connectivity index (χ4n) is 1.83. The monoisotopic (exact) mass is 355 g/mol. The van der Waals surface area contributed by atoms with Crippen molar-refractivity contribution >= 4 is 30.3 Å². The van der Waals surface area contributed by atoms with E-state index in [0.717, 1.165) is 29.6 Å². The second-order valence-corrected chi connectivity index (χ2v) is 5.70. The van der Waals surface area contributed by atoms with Crippen molar-refractivity contribution in [2.75, 3.05) is 7.11 Å². The van der Waals surface area contributed by atoms with Gasteiger partial charge in [0.05, 0.1) is 13.5 Å². The Labute approximate surface area is 145 Å². The number of imide groups is 1. The molecule has 0 aliphatic heterocycles. The van der Waals surface area contributed by atoms with Crippen molar-refractivity contribution < 1.29 is 28.4 Å². The summed E-state index contributed by atoms with van der Waals surface area (Å²) in [4.78, 5) is 44.4. The second kappa shape index (κ2) is 10.8. The molecule has 0 N–H and O–H groups in total. The van der Waals surface area contributed by atoms with E-state index in [2.05, 4.69) is 9.22 Å². The SMILES string of the molecule is CCc1ccc(CC(=O)ON(C=O)C(=O)C(CC)SOOC)cc1. The van der Waals surface area contributed by atoms with Crippen LogP contribution in [0.25, 0.3) is 0 Å². The van der Waals surface area contributed by atoms with Gasteiger partial charge in [-0.05, 0) is 24.0 Å². The fraction of sp³-hybridized carbons (Fsp3) is 0.438. The van der Waals surface area contributed by atoms with Gasteiger partial charge in [0.25, 0.3) is 12.3 Å². The van der Waals surface area contributed by atoms with Crippen LogP contribution >= 0.6 is 12.0 Å². The van der Waals surface area contributed by atoms with E-state index in [1.54, 1.807) is 6.92 Å². The van der Waals surface area contributed by atoms with Gasteiger partial charge in [-0.25, -0.2) is 9.68 Å². The molecule has 7 nitrogen and oxygen atoms in total. The predicted octanol–water partition coefficient (Wildman–Crippen LogP) is 2.24. The largest absolute Gasteiger partial charge is 0.337 e. The summed E-state index contributed by atoms with van der Waals surface area (Å²) in [5, 5.41) is -0.338. The first-order chi connectivity index (χ1) is 11.5. The van der Waals surface area contributed by atoms with Crippen LogP contribution in [0, 0.1) is 0 Å². The molecule has 0 heterocycles. The standard InChI is InChI=1S/C16H21NO6S/c1-4-12-6-8-13(9-7-12)10-15(19)22-17(11-18)16(20)14(5-2)24-23-21-3/h6-9,11,14H,4-5,10H2,1-3H3. The maximum absolute atomic E-state index is 12.1. The normalized spacial score (nSPS) is 11.6. The van der Waals surface area contributed by atoms with Crippen molar-refractivity contribution in [2.24, 2.45) is 0 Å². The molecule has 0 saturated heterocycles. The minimum Gasteiger partial charge on any atom is -0.330 e. The first-order valence-electron chi connectivity index (χ1n) is 7.48. The zero-order valence-corrected chi connectivity index (χ0v) is 14.7. The Kier molecular flexibility index (Phi) is 9.06. The molecule has 0 saturated carbocycles. The fourth-order valence-corrected chi connectivity index (χ4v) is 2.33. The number of hydrogen-bond donors (Lipinski definition) is 0. The summed E-state index contributed by atoms with van der Waals surface area (Å²) in [5.41, 5.74) is 1.89. The van der Waals surface area contributed by atoms with Gasteiger partial charge in [0.1, 0.15) is 5.25 Å². The molecule has 0 radical (unpaired) electrons. The van der Waals surface area contributed by atoms with Crippen LogP contribution in [-0.2, 0) is 41.3 Å². The summed E-state index contributed by atoms with van der Waals surface area (Å²) in [6, 6.07) is 7.45. The summed E-state index contributed by atoms with van der Waals surface area (Å²) >= 11 is 0.745. The average molecular weight is 355 g/mol. The first kappa shape index (κ1) is 20.1. The third-order valence-corrected chi connectivity index (χ3v) is 4.14. The summed E-state index contributed by atoms with van der Waals surface area (Å²) in [5.74, 6) is -1.39. The molecule has 1 aromatic carbocycles. The number of carbonyl (C=O) groups is 3. The van der Waals surface area contributed by atoms with Crippen molar-refractivity contribution in [2.45, 2.75) is 38.4 Å². The highest BCUT2D eigenvalue weighted by molar-refractivity contribution is 7.95. The molecule has 0 aromatic heterocycles. The molecular formula is C16H21NO6S. The highest BCUT2D eigenvalue weighted by atomic mass is 32.2. The number of carbonyl (C=O) groups excluding carboxylic acids is 3. The number of hydrogen-bond acceptors (Lipinski definition) is 7. The van der Waals surface area contributed by atoms with Gasteiger partial charge < -0.3 is 4.84 Å². The van der Waals surface area contributed by atoms with Crippen LogP contribution in [-0.4, -0.2) is 35.7 Å². The molecule has 0 spiro atoms. The predicted molar refractivity (Wildman–Crippen MR) is 88.3 cm³/mol. The molecule has 24 heavy (non-hydrogen) atoms. The summed E-state index contributed by atoms with van der Waals surface area (Å²) in [6.45, 7) is 3.76. The molecule has 1 atom stereocenters. The van der Waals surface area contributed by atoms with Gasteiger partial charge in [0, 0.05) is 12.0 Å². The Morgan fingerprint density at radius 1 is 1.21 bits per heavy atom. The molecule has 2 amide bonds. The van der Waals surface area contributed by atoms with Crippen molar-refractivity contribution in [3.05, 3.63) is 35.4 Å². The molecule has 0 aliphatic carbocycles. The molecule has 1 aromatic rings. The van der Waals surface area contributed by atoms with E-state index in [0.29, 0.717) is 11.5 Å². The lowest BCUT2D eigenvalue weighted by Crippen LogP contribution is -2.38. The zero-order chi connectivity index (χ0) is 17.9. The number of hydroxylamine groups is 2. The molecule has 0 bridgehead atoms. The molecule has 1 unspecified atom stereocenters. The Morgan fingerprint density at radius 3 is 2.33 bits per heavy atom. The molecule has 0 aliphatic rings. The van der Waals surface area contributed by atoms with Gasteiger partial charge in [-0.15, -0.1) is 5.06 Å². The van der Waals surface area contributed by atoms with Crippen LogP contribution in [0.15, 0.2) is 24.3 Å². The van der Waals surface area contributed by atoms with E-state index >= 15 is 0 Å². The number of rotatable bonds is 9. The van der Waals surface area contributed by atoms with Crippen molar-refractivity contribution in [3.63, 3.8) is 0 Å². The lowest BCUT2D eigenvalue weighted by atomic mass is 10.1. The summed E-state index contributed by atoms with van der Waals surface area (Å²) < 4.78 is 4.64. The van der Waals surface area contributed by atoms with Gasteiger partial charge >= 0.3 is 5.97 Å². The van der Waals surface area contributed by atoms with Crippen LogP contribution < -0.4 is 0 Å². The molecule has 8 heteroatoms. The van der Waals surface area contributed by atoms with Crippen LogP contribution in [0.3, 0.4) is 0 Å². The van der Waals surface area contributed by atoms with Crippen molar-refractivity contribution in [1.82, 2.24) is 5.06 Å². The molecule has 0 fully saturated rings. The summed E-state index contributed by atoms with van der Waals surface area (Å²) in [6.07, 6.45) is 1.39. The average Bonchev–Trinajstić information content (AvgIpc) is 2.60. The van der Waals surface area contributed by atoms with E-state index in [-0.39, 0.29) is 12.8 Å². The Morgan fingerprint density at radius 2 is 1.83 bits per heavy atom. The van der Waals surface area contributed by atoms with E-state index in [1.165, 1.54) is 7.11 Å². The zero-order valence-electron chi connectivity index (χ0n) is 13.9. The van der Waals surface area contributed by atoms with Gasteiger partial charge in [0.15, 0.2) is 0 Å². The third-order valence-electron chi connectivity index (χ3n) is 3.16.